The van der Waals surface area contributed by atoms with E-state index in [1.165, 1.54) is 0 Å². The fourth-order valence-electron chi connectivity index (χ4n) is 4.41. The minimum absolute atomic E-state index is 0.0692. The van der Waals surface area contributed by atoms with Crippen molar-refractivity contribution in [3.05, 3.63) is 75.5 Å². The zero-order valence-electron chi connectivity index (χ0n) is 24.9. The second-order valence-electron chi connectivity index (χ2n) is 10.0. The predicted octanol–water partition coefficient (Wildman–Crippen LogP) is 2.08. The number of rotatable bonds is 11. The number of carbonyl (C=O) groups is 1. The van der Waals surface area contributed by atoms with Crippen LogP contribution in [0.25, 0.3) is 10.8 Å². The molecule has 13 nitrogen and oxygen atoms in total. The molecule has 0 bridgehead atoms. The maximum atomic E-state index is 14.3. The Kier molecular flexibility index (Phi) is 8.33. The first kappa shape index (κ1) is 27.8. The van der Waals surface area contributed by atoms with Crippen LogP contribution in [0, 0.1) is 5.92 Å². The summed E-state index contributed by atoms with van der Waals surface area (Å²) in [7, 11) is -4.49. The molecule has 4 N–H and O–H groups in total. The van der Waals surface area contributed by atoms with E-state index in [1.54, 1.807) is 45.0 Å². The number of aliphatic hydroxyl groups excluding tert-OH is 1. The van der Waals surface area contributed by atoms with Gasteiger partial charge < -0.3 is 24.2 Å². The lowest BCUT2D eigenvalue weighted by Gasteiger charge is -2.28. The molecule has 2 unspecified atom stereocenters. The van der Waals surface area contributed by atoms with Gasteiger partial charge >= 0.3 is 19.4 Å². The van der Waals surface area contributed by atoms with Crippen molar-refractivity contribution in [1.82, 2.24) is 14.6 Å². The maximum Gasteiger partial charge on any atom is 0.459 e. The molecule has 0 aliphatic carbocycles. The highest BCUT2D eigenvalue weighted by atomic mass is 31.2. The number of aromatic amines is 1. The molecule has 1 aromatic heterocycles. The Bertz CT molecular complexity index is 1650. The normalized spacial score (nSPS) is 25.4. The number of esters is 1. The molecule has 0 spiro atoms. The Morgan fingerprint density at radius 2 is 1.98 bits per heavy atom. The lowest BCUT2D eigenvalue weighted by atomic mass is 9.96. The highest BCUT2D eigenvalue weighted by molar-refractivity contribution is 7.52. The summed E-state index contributed by atoms with van der Waals surface area (Å²) in [6.07, 6.45) is -5.79. The molecule has 0 saturated carbocycles. The van der Waals surface area contributed by atoms with E-state index >= 15 is 0 Å². The molecular weight excluding hydrogens is 557 g/mol. The average Bonchev–Trinajstić information content (AvgIpc) is 3.17. The van der Waals surface area contributed by atoms with Gasteiger partial charge in [0.2, 0.25) is 0 Å². The molecule has 2 aromatic carbocycles. The maximum absolute atomic E-state index is 14.3. The minimum atomic E-state index is -4.49. The number of fused-ring (bicyclic) bond motifs is 1. The van der Waals surface area contributed by atoms with Crippen LogP contribution in [0.5, 0.6) is 5.75 Å². The molecule has 1 aliphatic heterocycles. The van der Waals surface area contributed by atoms with Crippen molar-refractivity contribution in [2.45, 2.75) is 57.8 Å². The SMILES string of the molecule is [2H]c1c([2H])n([C@@H]2O[C@H](COP(=O)(NC(C(=O)OCC)C(C)C)Oc3cccc4ccccc34)[C@@H](O)[C@@]2(C)O)c(=O)[nH]c1=O. The predicted molar refractivity (Wildman–Crippen MR) is 148 cm³/mol. The first-order valence-electron chi connectivity index (χ1n) is 13.9. The van der Waals surface area contributed by atoms with Crippen LogP contribution in [0.3, 0.4) is 0 Å². The number of benzene rings is 2. The molecule has 4 rings (SSSR count). The molecule has 41 heavy (non-hydrogen) atoms. The summed E-state index contributed by atoms with van der Waals surface area (Å²) in [4.78, 5) is 38.9. The summed E-state index contributed by atoms with van der Waals surface area (Å²) in [5.74, 6) is -0.957. The van der Waals surface area contributed by atoms with Crippen LogP contribution in [0.2, 0.25) is 0 Å². The van der Waals surface area contributed by atoms with Gasteiger partial charge in [0.05, 0.1) is 16.0 Å². The molecule has 0 amide bonds. The molecule has 0 radical (unpaired) electrons. The number of hydrogen-bond acceptors (Lipinski definition) is 10. The Hall–Kier alpha value is -3.32. The van der Waals surface area contributed by atoms with E-state index in [-0.39, 0.29) is 12.4 Å². The van der Waals surface area contributed by atoms with Crippen molar-refractivity contribution < 1.29 is 40.8 Å². The van der Waals surface area contributed by atoms with E-state index in [9.17, 15) is 29.2 Å². The standard InChI is InChI=1S/C27H34N3O10P/c1-5-37-24(33)22(16(2)3)29-41(36,40-19-12-8-10-17-9-6-7-11-18(17)19)38-15-20-23(32)27(4,35)25(39-20)30-14-13-21(31)28-26(30)34/h6-14,16,20,22-23,25,32,35H,5,15H2,1-4H3,(H,29,36)(H,28,31,34)/t20-,22?,23-,25-,27-,41?/m1/s1/i13D,14D. The highest BCUT2D eigenvalue weighted by Crippen LogP contribution is 2.48. The van der Waals surface area contributed by atoms with Crippen molar-refractivity contribution in [1.29, 1.82) is 0 Å². The van der Waals surface area contributed by atoms with Crippen molar-refractivity contribution in [2.24, 2.45) is 5.92 Å². The summed E-state index contributed by atoms with van der Waals surface area (Å²) in [6, 6.07) is 10.2. The molecule has 1 fully saturated rings. The van der Waals surface area contributed by atoms with Crippen LogP contribution >= 0.6 is 7.75 Å². The van der Waals surface area contributed by atoms with Crippen molar-refractivity contribution >= 4 is 24.5 Å². The number of H-pyrrole nitrogens is 1. The second kappa shape index (κ2) is 12.3. The topological polar surface area (TPSA) is 178 Å². The first-order valence-corrected chi connectivity index (χ1v) is 14.5. The third kappa shape index (κ3) is 6.61. The van der Waals surface area contributed by atoms with Gasteiger partial charge in [-0.1, -0.05) is 50.2 Å². The Balaban J connectivity index is 1.67. The fourth-order valence-corrected chi connectivity index (χ4v) is 6.10. The quantitative estimate of drug-likeness (QED) is 0.189. The molecule has 1 saturated heterocycles. The van der Waals surface area contributed by atoms with Gasteiger partial charge in [0.1, 0.15) is 29.6 Å². The van der Waals surface area contributed by atoms with Gasteiger partial charge in [-0.05, 0) is 31.2 Å². The van der Waals surface area contributed by atoms with Gasteiger partial charge in [-0.2, -0.15) is 5.09 Å². The number of nitrogens with one attached hydrogen (secondary N) is 2. The largest absolute Gasteiger partial charge is 0.465 e. The summed E-state index contributed by atoms with van der Waals surface area (Å²) in [6.45, 7) is 5.53. The summed E-state index contributed by atoms with van der Waals surface area (Å²) in [5.41, 5.74) is -4.48. The summed E-state index contributed by atoms with van der Waals surface area (Å²) in [5, 5.41) is 26.0. The van der Waals surface area contributed by atoms with Crippen LogP contribution < -0.4 is 20.9 Å². The second-order valence-corrected chi connectivity index (χ2v) is 11.7. The van der Waals surface area contributed by atoms with Crippen molar-refractivity contribution in [3.8, 4) is 5.75 Å². The Labute approximate surface area is 238 Å². The third-order valence-corrected chi connectivity index (χ3v) is 8.12. The molecule has 1 aliphatic rings. The van der Waals surface area contributed by atoms with Gasteiger partial charge in [0, 0.05) is 17.6 Å². The van der Waals surface area contributed by atoms with E-state index in [0.29, 0.717) is 9.95 Å². The van der Waals surface area contributed by atoms with Gasteiger partial charge in [0.15, 0.2) is 6.23 Å². The van der Waals surface area contributed by atoms with E-state index in [2.05, 4.69) is 5.09 Å². The lowest BCUT2D eigenvalue weighted by molar-refractivity contribution is -0.146. The Morgan fingerprint density at radius 1 is 1.27 bits per heavy atom. The van der Waals surface area contributed by atoms with Crippen LogP contribution in [-0.4, -0.2) is 62.8 Å². The van der Waals surface area contributed by atoms with E-state index < -0.39 is 79.8 Å². The zero-order valence-corrected chi connectivity index (χ0v) is 23.8. The molecule has 222 valence electrons. The number of nitrogens with zero attached hydrogens (tertiary/aromatic N) is 1. The third-order valence-electron chi connectivity index (χ3n) is 6.60. The summed E-state index contributed by atoms with van der Waals surface area (Å²) < 4.78 is 53.1. The van der Waals surface area contributed by atoms with Crippen molar-refractivity contribution in [2.75, 3.05) is 13.2 Å². The minimum Gasteiger partial charge on any atom is -0.465 e. The fraction of sp³-hybridized carbons (Fsp3) is 0.444. The number of hydrogen-bond donors (Lipinski definition) is 4. The number of aromatic nitrogens is 2. The molecule has 2 heterocycles. The Morgan fingerprint density at radius 3 is 2.68 bits per heavy atom. The van der Waals surface area contributed by atoms with Crippen LogP contribution in [0.1, 0.15) is 36.7 Å². The first-order chi connectivity index (χ1) is 20.2. The van der Waals surface area contributed by atoms with E-state index in [0.717, 1.165) is 12.3 Å². The van der Waals surface area contributed by atoms with Crippen molar-refractivity contribution in [3.63, 3.8) is 0 Å². The van der Waals surface area contributed by atoms with Gasteiger partial charge in [-0.25, -0.2) is 9.36 Å². The number of carbonyl (C=O) groups excluding carboxylic acids is 1. The van der Waals surface area contributed by atoms with Gasteiger partial charge in [0.25, 0.3) is 5.56 Å². The number of ether oxygens (including phenoxy) is 2. The molecule has 14 heteroatoms. The molecule has 6 atom stereocenters. The summed E-state index contributed by atoms with van der Waals surface area (Å²) >= 11 is 0. The van der Waals surface area contributed by atoms with Gasteiger partial charge in [-0.15, -0.1) is 0 Å². The molecule has 3 aromatic rings. The monoisotopic (exact) mass is 593 g/mol. The zero-order chi connectivity index (χ0) is 31.7. The lowest BCUT2D eigenvalue weighted by Crippen LogP contribution is -2.47. The highest BCUT2D eigenvalue weighted by Gasteiger charge is 2.54. The van der Waals surface area contributed by atoms with Crippen LogP contribution in [0.15, 0.2) is 64.3 Å². The smallest absolute Gasteiger partial charge is 0.459 e. The van der Waals surface area contributed by atoms with E-state index in [1.807, 2.05) is 23.2 Å². The number of aliphatic hydroxyl groups is 2. The van der Waals surface area contributed by atoms with Crippen LogP contribution in [-0.2, 0) is 23.4 Å². The van der Waals surface area contributed by atoms with Gasteiger partial charge in [-0.3, -0.25) is 23.7 Å². The average molecular weight is 594 g/mol. The van der Waals surface area contributed by atoms with Crippen LogP contribution in [0.4, 0.5) is 0 Å². The van der Waals surface area contributed by atoms with E-state index in [4.69, 9.17) is 21.3 Å². The molecular formula is C27H34N3O10P.